The molecular formula is C20H25F3N4O3. The minimum Gasteiger partial charge on any atom is -0.338 e. The molecular weight excluding hydrogens is 401 g/mol. The highest BCUT2D eigenvalue weighted by Crippen LogP contribution is 2.21. The predicted molar refractivity (Wildman–Crippen MR) is 102 cm³/mol. The summed E-state index contributed by atoms with van der Waals surface area (Å²) in [5.74, 6) is -0.719. The van der Waals surface area contributed by atoms with Crippen LogP contribution in [0, 0.1) is 0 Å². The van der Waals surface area contributed by atoms with Crippen LogP contribution in [-0.2, 0) is 22.6 Å². The summed E-state index contributed by atoms with van der Waals surface area (Å²) in [4.78, 5) is 38.7. The number of benzene rings is 1. The van der Waals surface area contributed by atoms with Gasteiger partial charge in [0.1, 0.15) is 12.6 Å². The molecule has 0 radical (unpaired) electrons. The number of likely N-dealkylation sites (tertiary alicyclic amines) is 1. The van der Waals surface area contributed by atoms with Crippen molar-refractivity contribution in [2.75, 3.05) is 26.2 Å². The van der Waals surface area contributed by atoms with Crippen LogP contribution in [0.2, 0.25) is 0 Å². The molecule has 10 heteroatoms. The second kappa shape index (κ2) is 9.36. The molecule has 164 valence electrons. The zero-order valence-corrected chi connectivity index (χ0v) is 16.5. The zero-order valence-electron chi connectivity index (χ0n) is 16.5. The van der Waals surface area contributed by atoms with Crippen molar-refractivity contribution in [1.29, 1.82) is 0 Å². The topological polar surface area (TPSA) is 81.8 Å². The summed E-state index contributed by atoms with van der Waals surface area (Å²) < 4.78 is 37.3. The Morgan fingerprint density at radius 3 is 2.60 bits per heavy atom. The lowest BCUT2D eigenvalue weighted by molar-refractivity contribution is -0.157. The van der Waals surface area contributed by atoms with Crippen LogP contribution >= 0.6 is 0 Å². The van der Waals surface area contributed by atoms with E-state index in [1.807, 2.05) is 18.2 Å². The number of carbonyl (C=O) groups excluding carboxylic acids is 3. The highest BCUT2D eigenvalue weighted by Gasteiger charge is 2.39. The van der Waals surface area contributed by atoms with E-state index < -0.39 is 30.7 Å². The number of alkyl halides is 3. The average molecular weight is 426 g/mol. The summed E-state index contributed by atoms with van der Waals surface area (Å²) in [6.45, 7) is 0.129. The average Bonchev–Trinajstić information content (AvgIpc) is 3.02. The first-order chi connectivity index (χ1) is 14.2. The molecule has 1 aromatic rings. The molecule has 4 amide bonds. The molecule has 7 nitrogen and oxygen atoms in total. The molecule has 0 spiro atoms. The molecule has 1 fully saturated rings. The van der Waals surface area contributed by atoms with Gasteiger partial charge in [-0.2, -0.15) is 13.2 Å². The third-order valence-electron chi connectivity index (χ3n) is 5.31. The van der Waals surface area contributed by atoms with E-state index in [4.69, 9.17) is 0 Å². The number of hydrogen-bond donors (Lipinski definition) is 2. The number of nitrogens with zero attached hydrogens (tertiary/aromatic N) is 2. The van der Waals surface area contributed by atoms with E-state index in [0.29, 0.717) is 24.4 Å². The maximum atomic E-state index is 12.4. The minimum atomic E-state index is -4.46. The molecule has 0 bridgehead atoms. The van der Waals surface area contributed by atoms with Crippen LogP contribution in [0.25, 0.3) is 0 Å². The Labute approximate surface area is 172 Å². The molecule has 1 atom stereocenters. The lowest BCUT2D eigenvalue weighted by Crippen LogP contribution is -2.47. The first-order valence-corrected chi connectivity index (χ1v) is 9.97. The summed E-state index contributed by atoms with van der Waals surface area (Å²) in [6.07, 6.45) is -2.79. The van der Waals surface area contributed by atoms with E-state index in [2.05, 4.69) is 16.7 Å². The molecule has 30 heavy (non-hydrogen) atoms. The van der Waals surface area contributed by atoms with Gasteiger partial charge in [-0.15, -0.1) is 0 Å². The van der Waals surface area contributed by atoms with Crippen LogP contribution in [-0.4, -0.2) is 66.0 Å². The summed E-state index contributed by atoms with van der Waals surface area (Å²) in [7, 11) is 0. The summed E-state index contributed by atoms with van der Waals surface area (Å²) in [6, 6.07) is 6.44. The molecule has 2 heterocycles. The molecule has 2 aliphatic rings. The van der Waals surface area contributed by atoms with Crippen LogP contribution in [0.4, 0.5) is 18.0 Å². The molecule has 0 saturated carbocycles. The Kier molecular flexibility index (Phi) is 6.84. The van der Waals surface area contributed by atoms with E-state index >= 15 is 0 Å². The van der Waals surface area contributed by atoms with Crippen LogP contribution in [0.3, 0.4) is 0 Å². The van der Waals surface area contributed by atoms with Crippen molar-refractivity contribution in [3.63, 3.8) is 0 Å². The fourth-order valence-corrected chi connectivity index (χ4v) is 3.76. The Balaban J connectivity index is 1.33. The molecule has 2 N–H and O–H groups in total. The lowest BCUT2D eigenvalue weighted by atomic mass is 9.99. The maximum absolute atomic E-state index is 12.4. The van der Waals surface area contributed by atoms with Gasteiger partial charge in [0.15, 0.2) is 0 Å². The SMILES string of the molecule is O=C(NCCCC(=O)N1CCc2ccccc2C1)NC1CCN(CC(F)(F)F)C1=O. The number of hydrogen-bond acceptors (Lipinski definition) is 3. The van der Waals surface area contributed by atoms with E-state index in [1.165, 1.54) is 5.56 Å². The van der Waals surface area contributed by atoms with Crippen molar-refractivity contribution in [3.8, 4) is 0 Å². The lowest BCUT2D eigenvalue weighted by Gasteiger charge is -2.29. The summed E-state index contributed by atoms with van der Waals surface area (Å²) in [5, 5.41) is 4.96. The van der Waals surface area contributed by atoms with Crippen molar-refractivity contribution in [1.82, 2.24) is 20.4 Å². The number of halogens is 3. The number of carbonyl (C=O) groups is 3. The minimum absolute atomic E-state index is 0.0143. The quantitative estimate of drug-likeness (QED) is 0.681. The van der Waals surface area contributed by atoms with Crippen molar-refractivity contribution < 1.29 is 27.6 Å². The van der Waals surface area contributed by atoms with Gasteiger partial charge in [-0.25, -0.2) is 4.79 Å². The molecule has 1 aromatic carbocycles. The number of rotatable bonds is 6. The first kappa shape index (κ1) is 21.9. The third-order valence-corrected chi connectivity index (χ3v) is 5.31. The molecule has 0 aliphatic carbocycles. The monoisotopic (exact) mass is 426 g/mol. The third kappa shape index (κ3) is 5.87. The van der Waals surface area contributed by atoms with Gasteiger partial charge in [0.2, 0.25) is 11.8 Å². The smallest absolute Gasteiger partial charge is 0.338 e. The van der Waals surface area contributed by atoms with Gasteiger partial charge in [-0.3, -0.25) is 9.59 Å². The fourth-order valence-electron chi connectivity index (χ4n) is 3.76. The molecule has 0 aromatic heterocycles. The number of fused-ring (bicyclic) bond motifs is 1. The van der Waals surface area contributed by atoms with Crippen LogP contribution in [0.15, 0.2) is 24.3 Å². The Morgan fingerprint density at radius 2 is 1.87 bits per heavy atom. The van der Waals surface area contributed by atoms with Gasteiger partial charge < -0.3 is 20.4 Å². The van der Waals surface area contributed by atoms with Gasteiger partial charge in [0.05, 0.1) is 0 Å². The molecule has 2 aliphatic heterocycles. The number of nitrogens with one attached hydrogen (secondary N) is 2. The standard InChI is InChI=1S/C20H25F3N4O3/c21-20(22,23)13-27-11-8-16(18(27)29)25-19(30)24-9-3-6-17(28)26-10-7-14-4-1-2-5-15(14)12-26/h1-2,4-5,16H,3,6-13H2,(H2,24,25,30). The number of amides is 4. The number of urea groups is 1. The van der Waals surface area contributed by atoms with Crippen LogP contribution < -0.4 is 10.6 Å². The maximum Gasteiger partial charge on any atom is 0.406 e. The molecule has 1 unspecified atom stereocenters. The Morgan fingerprint density at radius 1 is 1.13 bits per heavy atom. The van der Waals surface area contributed by atoms with Crippen molar-refractivity contribution in [3.05, 3.63) is 35.4 Å². The van der Waals surface area contributed by atoms with E-state index in [9.17, 15) is 27.6 Å². The molecule has 1 saturated heterocycles. The van der Waals surface area contributed by atoms with E-state index in [1.54, 1.807) is 4.90 Å². The molecule has 3 rings (SSSR count). The predicted octanol–water partition coefficient (Wildman–Crippen LogP) is 1.81. The normalized spacial score (nSPS) is 18.9. The second-order valence-corrected chi connectivity index (χ2v) is 7.55. The highest BCUT2D eigenvalue weighted by atomic mass is 19.4. The van der Waals surface area contributed by atoms with Crippen molar-refractivity contribution in [2.45, 2.75) is 44.4 Å². The van der Waals surface area contributed by atoms with Crippen LogP contribution in [0.5, 0.6) is 0 Å². The van der Waals surface area contributed by atoms with Gasteiger partial charge in [0.25, 0.3) is 0 Å². The van der Waals surface area contributed by atoms with E-state index in [0.717, 1.165) is 12.0 Å². The summed E-state index contributed by atoms with van der Waals surface area (Å²) >= 11 is 0. The Hall–Kier alpha value is -2.78. The van der Waals surface area contributed by atoms with Gasteiger partial charge in [0, 0.05) is 32.6 Å². The summed E-state index contributed by atoms with van der Waals surface area (Å²) in [5.41, 5.74) is 2.41. The van der Waals surface area contributed by atoms with Crippen LogP contribution in [0.1, 0.15) is 30.4 Å². The second-order valence-electron chi connectivity index (χ2n) is 7.55. The first-order valence-electron chi connectivity index (χ1n) is 9.97. The fraction of sp³-hybridized carbons (Fsp3) is 0.550. The van der Waals surface area contributed by atoms with Gasteiger partial charge in [-0.05, 0) is 30.4 Å². The Bertz CT molecular complexity index is 800. The van der Waals surface area contributed by atoms with Crippen molar-refractivity contribution in [2.24, 2.45) is 0 Å². The zero-order chi connectivity index (χ0) is 21.7. The van der Waals surface area contributed by atoms with Crippen molar-refractivity contribution >= 4 is 17.8 Å². The largest absolute Gasteiger partial charge is 0.406 e. The van der Waals surface area contributed by atoms with Gasteiger partial charge >= 0.3 is 12.2 Å². The highest BCUT2D eigenvalue weighted by molar-refractivity contribution is 5.88. The van der Waals surface area contributed by atoms with E-state index in [-0.39, 0.29) is 31.8 Å². The van der Waals surface area contributed by atoms with Gasteiger partial charge in [-0.1, -0.05) is 24.3 Å².